The second-order valence-corrected chi connectivity index (χ2v) is 5.98. The smallest absolute Gasteiger partial charge is 0.109 e. The fourth-order valence-corrected chi connectivity index (χ4v) is 3.50. The zero-order valence-corrected chi connectivity index (χ0v) is 12.7. The highest BCUT2D eigenvalue weighted by atomic mass is 16.5. The molecule has 0 spiro atoms. The molecule has 1 aliphatic carbocycles. The lowest BCUT2D eigenvalue weighted by atomic mass is 9.98. The molecule has 1 aromatic rings. The van der Waals surface area contributed by atoms with E-state index in [0.717, 1.165) is 39.1 Å². The van der Waals surface area contributed by atoms with Crippen molar-refractivity contribution in [2.75, 3.05) is 13.2 Å². The molecular formula is C16H27N3O. The Labute approximate surface area is 121 Å². The molecule has 4 nitrogen and oxygen atoms in total. The first-order chi connectivity index (χ1) is 9.88. The molecule has 2 aliphatic rings. The summed E-state index contributed by atoms with van der Waals surface area (Å²) in [5.41, 5.74) is 2.69. The molecule has 2 heterocycles. The van der Waals surface area contributed by atoms with Gasteiger partial charge in [-0.2, -0.15) is 0 Å². The molecule has 1 fully saturated rings. The minimum absolute atomic E-state index is 0.509. The summed E-state index contributed by atoms with van der Waals surface area (Å²) in [6.45, 7) is 6.01. The lowest BCUT2D eigenvalue weighted by molar-refractivity contribution is 0.0235. The Morgan fingerprint density at radius 1 is 1.30 bits per heavy atom. The molecule has 0 bridgehead atoms. The summed E-state index contributed by atoms with van der Waals surface area (Å²) >= 11 is 0. The van der Waals surface area contributed by atoms with E-state index in [1.54, 1.807) is 0 Å². The second-order valence-electron chi connectivity index (χ2n) is 5.98. The van der Waals surface area contributed by atoms with Gasteiger partial charge in [0.2, 0.25) is 0 Å². The highest BCUT2D eigenvalue weighted by Crippen LogP contribution is 2.21. The van der Waals surface area contributed by atoms with Crippen LogP contribution >= 0.6 is 0 Å². The van der Waals surface area contributed by atoms with E-state index in [0.29, 0.717) is 6.10 Å². The number of nitrogens with zero attached hydrogens (tertiary/aromatic N) is 2. The first-order valence-electron chi connectivity index (χ1n) is 8.28. The maximum absolute atomic E-state index is 6.08. The fourth-order valence-electron chi connectivity index (χ4n) is 3.50. The van der Waals surface area contributed by atoms with Crippen molar-refractivity contribution in [2.45, 2.75) is 71.1 Å². The molecule has 3 rings (SSSR count). The van der Waals surface area contributed by atoms with Crippen LogP contribution in [0.5, 0.6) is 0 Å². The topological polar surface area (TPSA) is 39.1 Å². The lowest BCUT2D eigenvalue weighted by Crippen LogP contribution is -2.26. The number of hydrogen-bond donors (Lipinski definition) is 1. The SMILES string of the molecule is CCc1nc2c(n1CCOC1CCCCC1)CCNC2. The molecule has 1 N–H and O–H groups in total. The van der Waals surface area contributed by atoms with Gasteiger partial charge in [-0.3, -0.25) is 0 Å². The van der Waals surface area contributed by atoms with Crippen molar-refractivity contribution in [1.29, 1.82) is 0 Å². The van der Waals surface area contributed by atoms with Crippen LogP contribution in [0.4, 0.5) is 0 Å². The fraction of sp³-hybridized carbons (Fsp3) is 0.812. The van der Waals surface area contributed by atoms with Gasteiger partial charge in [0.15, 0.2) is 0 Å². The third-order valence-corrected chi connectivity index (χ3v) is 4.60. The van der Waals surface area contributed by atoms with Crippen LogP contribution in [0.25, 0.3) is 0 Å². The second kappa shape index (κ2) is 6.72. The minimum Gasteiger partial charge on any atom is -0.376 e. The number of fused-ring (bicyclic) bond motifs is 1. The van der Waals surface area contributed by atoms with E-state index >= 15 is 0 Å². The van der Waals surface area contributed by atoms with Crippen molar-refractivity contribution in [3.63, 3.8) is 0 Å². The van der Waals surface area contributed by atoms with Gasteiger partial charge in [0.25, 0.3) is 0 Å². The van der Waals surface area contributed by atoms with Gasteiger partial charge >= 0.3 is 0 Å². The third kappa shape index (κ3) is 3.07. The Bertz CT molecular complexity index is 435. The number of imidazole rings is 1. The Hall–Kier alpha value is -0.870. The predicted octanol–water partition coefficient (Wildman–Crippen LogP) is 2.44. The summed E-state index contributed by atoms with van der Waals surface area (Å²) in [4.78, 5) is 4.78. The summed E-state index contributed by atoms with van der Waals surface area (Å²) in [6.07, 6.45) is 9.21. The molecular weight excluding hydrogens is 250 g/mol. The van der Waals surface area contributed by atoms with Crippen LogP contribution in [0.1, 0.15) is 56.2 Å². The average Bonchev–Trinajstić information content (AvgIpc) is 2.87. The van der Waals surface area contributed by atoms with Gasteiger partial charge in [-0.05, 0) is 12.8 Å². The van der Waals surface area contributed by atoms with Gasteiger partial charge < -0.3 is 14.6 Å². The van der Waals surface area contributed by atoms with Gasteiger partial charge in [-0.25, -0.2) is 4.98 Å². The molecule has 4 heteroatoms. The van der Waals surface area contributed by atoms with E-state index in [2.05, 4.69) is 16.8 Å². The molecule has 1 aliphatic heterocycles. The van der Waals surface area contributed by atoms with Gasteiger partial charge in [-0.1, -0.05) is 26.2 Å². The number of hydrogen-bond acceptors (Lipinski definition) is 3. The normalized spacial score (nSPS) is 20.1. The van der Waals surface area contributed by atoms with Crippen molar-refractivity contribution in [2.24, 2.45) is 0 Å². The summed E-state index contributed by atoms with van der Waals surface area (Å²) in [7, 11) is 0. The quantitative estimate of drug-likeness (QED) is 0.898. The standard InChI is InChI=1S/C16H27N3O/c1-2-16-18-14-12-17-9-8-15(14)19(16)10-11-20-13-6-4-3-5-7-13/h13,17H,2-12H2,1H3. The van der Waals surface area contributed by atoms with E-state index < -0.39 is 0 Å². The summed E-state index contributed by atoms with van der Waals surface area (Å²) in [6, 6.07) is 0. The van der Waals surface area contributed by atoms with Crippen molar-refractivity contribution < 1.29 is 4.74 Å². The van der Waals surface area contributed by atoms with Gasteiger partial charge in [0.05, 0.1) is 18.4 Å². The zero-order chi connectivity index (χ0) is 13.8. The highest BCUT2D eigenvalue weighted by molar-refractivity contribution is 5.20. The van der Waals surface area contributed by atoms with Crippen LogP contribution in [0.15, 0.2) is 0 Å². The van der Waals surface area contributed by atoms with Crippen molar-refractivity contribution >= 4 is 0 Å². The molecule has 1 saturated carbocycles. The summed E-state index contributed by atoms with van der Waals surface area (Å²) in [5.74, 6) is 1.23. The molecule has 0 unspecified atom stereocenters. The third-order valence-electron chi connectivity index (χ3n) is 4.60. The van der Waals surface area contributed by atoms with Crippen LogP contribution in [0.2, 0.25) is 0 Å². The van der Waals surface area contributed by atoms with Gasteiger partial charge in [-0.15, -0.1) is 0 Å². The minimum atomic E-state index is 0.509. The van der Waals surface area contributed by atoms with Crippen LogP contribution in [0, 0.1) is 0 Å². The maximum atomic E-state index is 6.08. The Morgan fingerprint density at radius 2 is 2.15 bits per heavy atom. The number of nitrogens with one attached hydrogen (secondary N) is 1. The Morgan fingerprint density at radius 3 is 2.95 bits per heavy atom. The first kappa shape index (κ1) is 14.1. The molecule has 0 amide bonds. The largest absolute Gasteiger partial charge is 0.376 e. The lowest BCUT2D eigenvalue weighted by Gasteiger charge is -2.23. The van der Waals surface area contributed by atoms with Crippen molar-refractivity contribution in [1.82, 2.24) is 14.9 Å². The number of aryl methyl sites for hydroxylation is 1. The van der Waals surface area contributed by atoms with Gasteiger partial charge in [0, 0.05) is 38.2 Å². The number of aromatic nitrogens is 2. The molecule has 0 radical (unpaired) electrons. The zero-order valence-electron chi connectivity index (χ0n) is 12.7. The van der Waals surface area contributed by atoms with Crippen molar-refractivity contribution in [3.05, 3.63) is 17.2 Å². The van der Waals surface area contributed by atoms with Gasteiger partial charge in [0.1, 0.15) is 5.82 Å². The first-order valence-corrected chi connectivity index (χ1v) is 8.28. The van der Waals surface area contributed by atoms with E-state index in [9.17, 15) is 0 Å². The Balaban J connectivity index is 1.59. The summed E-state index contributed by atoms with van der Waals surface area (Å²) < 4.78 is 8.50. The van der Waals surface area contributed by atoms with E-state index in [1.807, 2.05) is 0 Å². The summed E-state index contributed by atoms with van der Waals surface area (Å²) in [5, 5.41) is 3.41. The number of rotatable bonds is 5. The van der Waals surface area contributed by atoms with E-state index in [4.69, 9.17) is 9.72 Å². The van der Waals surface area contributed by atoms with Crippen LogP contribution in [-0.4, -0.2) is 28.8 Å². The molecule has 1 aromatic heterocycles. The van der Waals surface area contributed by atoms with E-state index in [1.165, 1.54) is 49.3 Å². The Kier molecular flexibility index (Phi) is 4.73. The molecule has 0 saturated heterocycles. The predicted molar refractivity (Wildman–Crippen MR) is 79.8 cm³/mol. The molecule has 20 heavy (non-hydrogen) atoms. The maximum Gasteiger partial charge on any atom is 0.109 e. The molecule has 112 valence electrons. The average molecular weight is 277 g/mol. The molecule has 0 atom stereocenters. The van der Waals surface area contributed by atoms with Crippen molar-refractivity contribution in [3.8, 4) is 0 Å². The van der Waals surface area contributed by atoms with Crippen LogP contribution in [0.3, 0.4) is 0 Å². The monoisotopic (exact) mass is 277 g/mol. The number of ether oxygens (including phenoxy) is 1. The highest BCUT2D eigenvalue weighted by Gasteiger charge is 2.19. The van der Waals surface area contributed by atoms with Crippen LogP contribution < -0.4 is 5.32 Å². The van der Waals surface area contributed by atoms with Crippen LogP contribution in [-0.2, 0) is 30.7 Å². The molecule has 0 aromatic carbocycles. The van der Waals surface area contributed by atoms with E-state index in [-0.39, 0.29) is 0 Å².